The summed E-state index contributed by atoms with van der Waals surface area (Å²) in [6.45, 7) is 1.64. The van der Waals surface area contributed by atoms with Gasteiger partial charge in [-0.2, -0.15) is 0 Å². The summed E-state index contributed by atoms with van der Waals surface area (Å²) in [5.74, 6) is -1.37. The summed E-state index contributed by atoms with van der Waals surface area (Å²) in [6, 6.07) is 11.2. The SMILES string of the molecule is CC[C@H](C(=O)Nc1nnc(-c2ccc(Cl)cc2)s1)N(c1ccccc1F)S(C)(=O)=O. The molecule has 1 amide bonds. The number of carbonyl (C=O) groups excluding carboxylic acids is 1. The van der Waals surface area contributed by atoms with Crippen molar-refractivity contribution in [1.29, 1.82) is 0 Å². The maximum atomic E-state index is 14.3. The second kappa shape index (κ2) is 9.07. The minimum Gasteiger partial charge on any atom is -0.299 e. The molecule has 3 rings (SSSR count). The van der Waals surface area contributed by atoms with Gasteiger partial charge in [0.25, 0.3) is 0 Å². The molecule has 7 nitrogen and oxygen atoms in total. The van der Waals surface area contributed by atoms with Gasteiger partial charge in [0.05, 0.1) is 11.9 Å². The van der Waals surface area contributed by atoms with Crippen LogP contribution in [0, 0.1) is 5.82 Å². The van der Waals surface area contributed by atoms with E-state index in [1.807, 2.05) is 0 Å². The standard InChI is InChI=1S/C19H18ClFN4O3S2/c1-3-15(25(30(2,27)28)16-7-5-4-6-14(16)21)17(26)22-19-24-23-18(29-19)12-8-10-13(20)11-9-12/h4-11,15H,3H2,1-2H3,(H,22,24,26)/t15-/m1/s1. The molecule has 0 aliphatic heterocycles. The molecule has 1 N–H and O–H groups in total. The van der Waals surface area contributed by atoms with E-state index < -0.39 is 27.8 Å². The summed E-state index contributed by atoms with van der Waals surface area (Å²) in [5.41, 5.74) is 0.578. The smallest absolute Gasteiger partial charge is 0.250 e. The van der Waals surface area contributed by atoms with Gasteiger partial charge in [-0.15, -0.1) is 10.2 Å². The lowest BCUT2D eigenvalue weighted by molar-refractivity contribution is -0.117. The van der Waals surface area contributed by atoms with Gasteiger partial charge >= 0.3 is 0 Å². The predicted octanol–water partition coefficient (Wildman–Crippen LogP) is 4.18. The minimum absolute atomic E-state index is 0.121. The Balaban J connectivity index is 1.87. The molecule has 0 fully saturated rings. The van der Waals surface area contributed by atoms with E-state index in [-0.39, 0.29) is 17.2 Å². The highest BCUT2D eigenvalue weighted by atomic mass is 35.5. The van der Waals surface area contributed by atoms with E-state index in [1.165, 1.54) is 18.2 Å². The van der Waals surface area contributed by atoms with Gasteiger partial charge in [-0.3, -0.25) is 14.4 Å². The summed E-state index contributed by atoms with van der Waals surface area (Å²) in [7, 11) is -3.94. The molecule has 0 radical (unpaired) electrons. The van der Waals surface area contributed by atoms with Crippen molar-refractivity contribution in [3.05, 3.63) is 59.4 Å². The number of sulfonamides is 1. The first-order chi connectivity index (χ1) is 14.2. The van der Waals surface area contributed by atoms with Crippen molar-refractivity contribution in [2.75, 3.05) is 15.9 Å². The van der Waals surface area contributed by atoms with Gasteiger partial charge in [-0.25, -0.2) is 12.8 Å². The molecule has 0 aliphatic rings. The third-order valence-corrected chi connectivity index (χ3v) is 6.47. The normalized spacial score (nSPS) is 12.4. The Kier molecular flexibility index (Phi) is 6.69. The van der Waals surface area contributed by atoms with Crippen LogP contribution < -0.4 is 9.62 Å². The van der Waals surface area contributed by atoms with Crippen molar-refractivity contribution < 1.29 is 17.6 Å². The van der Waals surface area contributed by atoms with Gasteiger partial charge in [0.1, 0.15) is 16.9 Å². The van der Waals surface area contributed by atoms with Gasteiger partial charge < -0.3 is 0 Å². The summed E-state index contributed by atoms with van der Waals surface area (Å²) >= 11 is 7.01. The number of benzene rings is 2. The molecular formula is C19H18ClFN4O3S2. The van der Waals surface area contributed by atoms with Crippen LogP contribution >= 0.6 is 22.9 Å². The first-order valence-corrected chi connectivity index (χ1v) is 11.9. The number of anilines is 2. The molecule has 0 bridgehead atoms. The van der Waals surface area contributed by atoms with E-state index in [4.69, 9.17) is 11.6 Å². The van der Waals surface area contributed by atoms with Crippen molar-refractivity contribution in [2.24, 2.45) is 0 Å². The Morgan fingerprint density at radius 3 is 2.47 bits per heavy atom. The highest BCUT2D eigenvalue weighted by molar-refractivity contribution is 7.92. The zero-order valence-corrected chi connectivity index (χ0v) is 18.4. The second-order valence-corrected chi connectivity index (χ2v) is 9.62. The van der Waals surface area contributed by atoms with E-state index in [0.29, 0.717) is 10.0 Å². The van der Waals surface area contributed by atoms with Gasteiger partial charge in [0.15, 0.2) is 0 Å². The molecule has 3 aromatic rings. The van der Waals surface area contributed by atoms with Crippen LogP contribution in [0.25, 0.3) is 10.6 Å². The van der Waals surface area contributed by atoms with Gasteiger partial charge in [0.2, 0.25) is 21.1 Å². The third kappa shape index (κ3) is 4.94. The minimum atomic E-state index is -3.94. The molecule has 0 spiro atoms. The summed E-state index contributed by atoms with van der Waals surface area (Å²) in [6.07, 6.45) is 1.05. The Morgan fingerprint density at radius 2 is 1.87 bits per heavy atom. The summed E-state index contributed by atoms with van der Waals surface area (Å²) in [4.78, 5) is 12.9. The maximum Gasteiger partial charge on any atom is 0.250 e. The number of carbonyl (C=O) groups is 1. The van der Waals surface area contributed by atoms with E-state index in [2.05, 4.69) is 15.5 Å². The fraction of sp³-hybridized carbons (Fsp3) is 0.211. The third-order valence-electron chi connectivity index (χ3n) is 4.17. The highest BCUT2D eigenvalue weighted by Gasteiger charge is 2.33. The first-order valence-electron chi connectivity index (χ1n) is 8.85. The summed E-state index contributed by atoms with van der Waals surface area (Å²) < 4.78 is 39.9. The molecule has 2 aromatic carbocycles. The number of amides is 1. The van der Waals surface area contributed by atoms with Crippen molar-refractivity contribution in [2.45, 2.75) is 19.4 Å². The lowest BCUT2D eigenvalue weighted by atomic mass is 10.2. The first kappa shape index (κ1) is 22.1. The Bertz CT molecular complexity index is 1150. The van der Waals surface area contributed by atoms with Crippen molar-refractivity contribution in [1.82, 2.24) is 10.2 Å². The van der Waals surface area contributed by atoms with Crippen LogP contribution in [0.2, 0.25) is 5.02 Å². The Hall–Kier alpha value is -2.56. The molecule has 30 heavy (non-hydrogen) atoms. The van der Waals surface area contributed by atoms with Crippen LogP contribution in [0.4, 0.5) is 15.2 Å². The molecule has 0 saturated heterocycles. The van der Waals surface area contributed by atoms with Crippen LogP contribution in [0.1, 0.15) is 13.3 Å². The Labute approximate surface area is 182 Å². The molecule has 11 heteroatoms. The number of nitrogens with zero attached hydrogens (tertiary/aromatic N) is 3. The van der Waals surface area contributed by atoms with Gasteiger partial charge in [0, 0.05) is 10.6 Å². The fourth-order valence-electron chi connectivity index (χ4n) is 2.84. The fourth-order valence-corrected chi connectivity index (χ4v) is 4.93. The second-order valence-electron chi connectivity index (χ2n) is 6.34. The quantitative estimate of drug-likeness (QED) is 0.561. The van der Waals surface area contributed by atoms with Crippen LogP contribution in [-0.4, -0.2) is 36.8 Å². The molecule has 1 aromatic heterocycles. The zero-order valence-electron chi connectivity index (χ0n) is 16.0. The average Bonchev–Trinajstić information content (AvgIpc) is 3.14. The zero-order chi connectivity index (χ0) is 21.9. The molecule has 0 aliphatic carbocycles. The van der Waals surface area contributed by atoms with Gasteiger partial charge in [-0.1, -0.05) is 54.1 Å². The van der Waals surface area contributed by atoms with Gasteiger partial charge in [-0.05, 0) is 30.7 Å². The van der Waals surface area contributed by atoms with Crippen molar-refractivity contribution in [3.63, 3.8) is 0 Å². The van der Waals surface area contributed by atoms with Crippen LogP contribution in [0.3, 0.4) is 0 Å². The average molecular weight is 469 g/mol. The van der Waals surface area contributed by atoms with E-state index in [1.54, 1.807) is 31.2 Å². The molecule has 158 valence electrons. The molecular weight excluding hydrogens is 451 g/mol. The number of halogens is 2. The number of hydrogen-bond acceptors (Lipinski definition) is 6. The molecule has 1 heterocycles. The predicted molar refractivity (Wildman–Crippen MR) is 117 cm³/mol. The maximum absolute atomic E-state index is 14.3. The molecule has 0 unspecified atom stereocenters. The highest BCUT2D eigenvalue weighted by Crippen LogP contribution is 2.29. The van der Waals surface area contributed by atoms with Crippen LogP contribution in [0.15, 0.2) is 48.5 Å². The van der Waals surface area contributed by atoms with E-state index >= 15 is 0 Å². The number of rotatable bonds is 7. The monoisotopic (exact) mass is 468 g/mol. The van der Waals surface area contributed by atoms with Crippen molar-refractivity contribution >= 4 is 49.7 Å². The molecule has 1 atom stereocenters. The number of para-hydroxylation sites is 1. The topological polar surface area (TPSA) is 92.3 Å². The number of aromatic nitrogens is 2. The van der Waals surface area contributed by atoms with Crippen LogP contribution in [-0.2, 0) is 14.8 Å². The van der Waals surface area contributed by atoms with Crippen molar-refractivity contribution in [3.8, 4) is 10.6 Å². The number of hydrogen-bond donors (Lipinski definition) is 1. The van der Waals surface area contributed by atoms with E-state index in [9.17, 15) is 17.6 Å². The van der Waals surface area contributed by atoms with Crippen LogP contribution in [0.5, 0.6) is 0 Å². The Morgan fingerprint density at radius 1 is 1.20 bits per heavy atom. The molecule has 0 saturated carbocycles. The van der Waals surface area contributed by atoms with E-state index in [0.717, 1.165) is 33.5 Å². The lowest BCUT2D eigenvalue weighted by Crippen LogP contribution is -2.47. The summed E-state index contributed by atoms with van der Waals surface area (Å²) in [5, 5.41) is 11.9. The lowest BCUT2D eigenvalue weighted by Gasteiger charge is -2.29. The number of nitrogens with one attached hydrogen (secondary N) is 1. The largest absolute Gasteiger partial charge is 0.299 e.